The van der Waals surface area contributed by atoms with Gasteiger partial charge in [0.15, 0.2) is 18.1 Å². The minimum atomic E-state index is -0.182. The molecule has 5 nitrogen and oxygen atoms in total. The lowest BCUT2D eigenvalue weighted by Crippen LogP contribution is -2.43. The van der Waals surface area contributed by atoms with E-state index in [-0.39, 0.29) is 18.6 Å². The first-order valence-corrected chi connectivity index (χ1v) is 8.96. The molecule has 0 aliphatic rings. The van der Waals surface area contributed by atoms with Crippen molar-refractivity contribution in [2.24, 2.45) is 11.7 Å². The van der Waals surface area contributed by atoms with Crippen molar-refractivity contribution in [3.05, 3.63) is 60.2 Å². The van der Waals surface area contributed by atoms with Crippen LogP contribution in [0.4, 0.5) is 0 Å². The number of amides is 1. The van der Waals surface area contributed by atoms with Crippen LogP contribution < -0.4 is 20.5 Å². The van der Waals surface area contributed by atoms with E-state index in [2.05, 4.69) is 19.2 Å². The smallest absolute Gasteiger partial charge is 0.258 e. The maximum Gasteiger partial charge on any atom is 0.258 e. The summed E-state index contributed by atoms with van der Waals surface area (Å²) in [6, 6.07) is 17.2. The van der Waals surface area contributed by atoms with E-state index < -0.39 is 0 Å². The van der Waals surface area contributed by atoms with Crippen LogP contribution in [0, 0.1) is 5.92 Å². The van der Waals surface area contributed by atoms with Gasteiger partial charge in [-0.25, -0.2) is 0 Å². The molecule has 5 heteroatoms. The first-order chi connectivity index (χ1) is 12.6. The standard InChI is InChI=1S/C21H28N2O3/c1-16(2)12-18(13-22)23-21(24)15-26-20-11-7-6-10-19(20)25-14-17-8-4-3-5-9-17/h3-11,16,18H,12-15,22H2,1-2H3,(H,23,24). The van der Waals surface area contributed by atoms with Crippen LogP contribution in [0.15, 0.2) is 54.6 Å². The van der Waals surface area contributed by atoms with Gasteiger partial charge in [0.05, 0.1) is 0 Å². The second-order valence-electron chi connectivity index (χ2n) is 6.64. The molecule has 2 aromatic carbocycles. The van der Waals surface area contributed by atoms with Gasteiger partial charge in [-0.05, 0) is 30.0 Å². The molecule has 0 spiro atoms. The van der Waals surface area contributed by atoms with Gasteiger partial charge >= 0.3 is 0 Å². The number of nitrogens with one attached hydrogen (secondary N) is 1. The highest BCUT2D eigenvalue weighted by molar-refractivity contribution is 5.78. The molecule has 0 saturated carbocycles. The predicted molar refractivity (Wildman–Crippen MR) is 103 cm³/mol. The summed E-state index contributed by atoms with van der Waals surface area (Å²) in [5.41, 5.74) is 6.79. The summed E-state index contributed by atoms with van der Waals surface area (Å²) in [6.45, 7) is 5.00. The Bertz CT molecular complexity index is 674. The first-order valence-electron chi connectivity index (χ1n) is 8.96. The van der Waals surface area contributed by atoms with E-state index in [0.29, 0.717) is 30.6 Å². The molecule has 1 amide bonds. The Morgan fingerprint density at radius 2 is 1.62 bits per heavy atom. The van der Waals surface area contributed by atoms with Gasteiger partial charge in [0, 0.05) is 12.6 Å². The predicted octanol–water partition coefficient (Wildman–Crippen LogP) is 3.13. The molecule has 1 unspecified atom stereocenters. The Balaban J connectivity index is 1.88. The highest BCUT2D eigenvalue weighted by Crippen LogP contribution is 2.27. The van der Waals surface area contributed by atoms with Gasteiger partial charge < -0.3 is 20.5 Å². The lowest BCUT2D eigenvalue weighted by molar-refractivity contribution is -0.123. The Morgan fingerprint density at radius 3 is 2.23 bits per heavy atom. The van der Waals surface area contributed by atoms with Crippen molar-refractivity contribution in [1.29, 1.82) is 0 Å². The van der Waals surface area contributed by atoms with Crippen molar-refractivity contribution in [3.8, 4) is 11.5 Å². The topological polar surface area (TPSA) is 73.6 Å². The third-order valence-electron chi connectivity index (χ3n) is 3.85. The van der Waals surface area contributed by atoms with Crippen LogP contribution in [0.5, 0.6) is 11.5 Å². The number of carbonyl (C=O) groups excluding carboxylic acids is 1. The summed E-state index contributed by atoms with van der Waals surface area (Å²) in [7, 11) is 0. The average molecular weight is 356 g/mol. The number of nitrogens with two attached hydrogens (primary N) is 1. The van der Waals surface area contributed by atoms with Crippen molar-refractivity contribution in [3.63, 3.8) is 0 Å². The van der Waals surface area contributed by atoms with Gasteiger partial charge in [0.25, 0.3) is 5.91 Å². The van der Waals surface area contributed by atoms with E-state index in [1.54, 1.807) is 6.07 Å². The average Bonchev–Trinajstić information content (AvgIpc) is 2.65. The summed E-state index contributed by atoms with van der Waals surface area (Å²) in [5.74, 6) is 1.45. The van der Waals surface area contributed by atoms with Crippen molar-refractivity contribution >= 4 is 5.91 Å². The van der Waals surface area contributed by atoms with Crippen molar-refractivity contribution in [2.45, 2.75) is 32.9 Å². The lowest BCUT2D eigenvalue weighted by atomic mass is 10.0. The van der Waals surface area contributed by atoms with E-state index >= 15 is 0 Å². The zero-order valence-electron chi connectivity index (χ0n) is 15.5. The van der Waals surface area contributed by atoms with E-state index in [1.807, 2.05) is 48.5 Å². The number of ether oxygens (including phenoxy) is 2. The van der Waals surface area contributed by atoms with Crippen LogP contribution >= 0.6 is 0 Å². The summed E-state index contributed by atoms with van der Waals surface area (Å²) in [6.07, 6.45) is 0.846. The molecule has 0 heterocycles. The van der Waals surface area contributed by atoms with E-state index in [4.69, 9.17) is 15.2 Å². The third kappa shape index (κ3) is 6.76. The monoisotopic (exact) mass is 356 g/mol. The fourth-order valence-electron chi connectivity index (χ4n) is 2.62. The summed E-state index contributed by atoms with van der Waals surface area (Å²) in [5, 5.41) is 2.92. The summed E-state index contributed by atoms with van der Waals surface area (Å²) < 4.78 is 11.5. The number of carbonyl (C=O) groups is 1. The minimum absolute atomic E-state index is 0.0318. The first kappa shape index (κ1) is 19.8. The van der Waals surface area contributed by atoms with Crippen LogP contribution in [0.3, 0.4) is 0 Å². The second kappa shape index (κ2) is 10.5. The van der Waals surface area contributed by atoms with Crippen LogP contribution in [0.25, 0.3) is 0 Å². The van der Waals surface area contributed by atoms with Gasteiger partial charge in [-0.1, -0.05) is 56.3 Å². The molecule has 1 atom stereocenters. The molecule has 0 aliphatic heterocycles. The maximum atomic E-state index is 12.1. The second-order valence-corrected chi connectivity index (χ2v) is 6.64. The fourth-order valence-corrected chi connectivity index (χ4v) is 2.62. The van der Waals surface area contributed by atoms with Crippen molar-refractivity contribution in [2.75, 3.05) is 13.2 Å². The number of para-hydroxylation sites is 2. The number of rotatable bonds is 10. The molecular weight excluding hydrogens is 328 g/mol. The molecule has 26 heavy (non-hydrogen) atoms. The van der Waals surface area contributed by atoms with Crippen molar-refractivity contribution in [1.82, 2.24) is 5.32 Å². The Labute approximate surface area is 155 Å². The minimum Gasteiger partial charge on any atom is -0.485 e. The molecule has 0 bridgehead atoms. The van der Waals surface area contributed by atoms with Gasteiger partial charge in [-0.2, -0.15) is 0 Å². The van der Waals surface area contributed by atoms with Crippen LogP contribution in [-0.2, 0) is 11.4 Å². The zero-order chi connectivity index (χ0) is 18.8. The molecule has 0 fully saturated rings. The van der Waals surface area contributed by atoms with Gasteiger partial charge in [-0.3, -0.25) is 4.79 Å². The van der Waals surface area contributed by atoms with E-state index in [0.717, 1.165) is 12.0 Å². The van der Waals surface area contributed by atoms with E-state index in [1.165, 1.54) is 0 Å². The molecule has 0 radical (unpaired) electrons. The Kier molecular flexibility index (Phi) is 7.96. The van der Waals surface area contributed by atoms with Gasteiger partial charge in [0.1, 0.15) is 6.61 Å². The van der Waals surface area contributed by atoms with Gasteiger partial charge in [0.2, 0.25) is 0 Å². The summed E-state index contributed by atoms with van der Waals surface area (Å²) in [4.78, 5) is 12.1. The quantitative estimate of drug-likeness (QED) is 0.686. The molecular formula is C21H28N2O3. The summed E-state index contributed by atoms with van der Waals surface area (Å²) >= 11 is 0. The fraction of sp³-hybridized carbons (Fsp3) is 0.381. The third-order valence-corrected chi connectivity index (χ3v) is 3.85. The SMILES string of the molecule is CC(C)CC(CN)NC(=O)COc1ccccc1OCc1ccccc1. The number of hydrogen-bond acceptors (Lipinski definition) is 4. The molecule has 0 aliphatic carbocycles. The van der Waals surface area contributed by atoms with Crippen LogP contribution in [0.2, 0.25) is 0 Å². The molecule has 2 rings (SSSR count). The zero-order valence-corrected chi connectivity index (χ0v) is 15.5. The number of benzene rings is 2. The molecule has 2 aromatic rings. The lowest BCUT2D eigenvalue weighted by Gasteiger charge is -2.19. The van der Waals surface area contributed by atoms with Crippen LogP contribution in [-0.4, -0.2) is 25.1 Å². The highest BCUT2D eigenvalue weighted by atomic mass is 16.5. The molecule has 0 saturated heterocycles. The van der Waals surface area contributed by atoms with Crippen molar-refractivity contribution < 1.29 is 14.3 Å². The van der Waals surface area contributed by atoms with Gasteiger partial charge in [-0.15, -0.1) is 0 Å². The maximum absolute atomic E-state index is 12.1. The molecule has 0 aromatic heterocycles. The van der Waals surface area contributed by atoms with E-state index in [9.17, 15) is 4.79 Å². The van der Waals surface area contributed by atoms with Crippen LogP contribution in [0.1, 0.15) is 25.8 Å². The molecule has 3 N–H and O–H groups in total. The normalized spacial score (nSPS) is 11.8. The Morgan fingerprint density at radius 1 is 1.00 bits per heavy atom. The Hall–Kier alpha value is -2.53. The highest BCUT2D eigenvalue weighted by Gasteiger charge is 2.14. The number of hydrogen-bond donors (Lipinski definition) is 2. The molecule has 140 valence electrons. The largest absolute Gasteiger partial charge is 0.485 e.